The Labute approximate surface area is 173 Å². The van der Waals surface area contributed by atoms with Gasteiger partial charge in [-0.15, -0.1) is 0 Å². The first-order chi connectivity index (χ1) is 14.2. The number of carbonyl (C=O) groups excluding carboxylic acids is 1. The molecule has 1 amide bonds. The van der Waals surface area contributed by atoms with Crippen LogP contribution in [0, 0.1) is 12.0 Å². The van der Waals surface area contributed by atoms with Crippen LogP contribution in [0.5, 0.6) is 0 Å². The molecule has 1 N–H and O–H groups in total. The van der Waals surface area contributed by atoms with Gasteiger partial charge in [-0.05, 0) is 17.5 Å². The van der Waals surface area contributed by atoms with Gasteiger partial charge in [0.25, 0.3) is 0 Å². The van der Waals surface area contributed by atoms with Crippen LogP contribution in [0.1, 0.15) is 37.3 Å². The van der Waals surface area contributed by atoms with Crippen molar-refractivity contribution in [3.05, 3.63) is 71.8 Å². The number of rotatable bonds is 4. The number of nitrogens with one attached hydrogen (secondary N) is 1. The molecule has 0 radical (unpaired) electrons. The molecule has 2 fully saturated rings. The first kappa shape index (κ1) is 19.5. The van der Waals surface area contributed by atoms with Crippen LogP contribution in [0.3, 0.4) is 0 Å². The van der Waals surface area contributed by atoms with Gasteiger partial charge in [-0.25, -0.2) is 0 Å². The van der Waals surface area contributed by atoms with Crippen LogP contribution in [0.15, 0.2) is 60.7 Å². The molecule has 0 unspecified atom stereocenters. The lowest BCUT2D eigenvalue weighted by molar-refractivity contribution is -0.134. The van der Waals surface area contributed by atoms with Gasteiger partial charge in [-0.3, -0.25) is 10.1 Å². The monoisotopic (exact) mass is 387 g/mol. The third-order valence-electron chi connectivity index (χ3n) is 5.99. The number of piperidine rings is 1. The van der Waals surface area contributed by atoms with Crippen molar-refractivity contribution in [2.75, 3.05) is 13.1 Å². The molecular formula is C25H29N3O. The predicted octanol–water partition coefficient (Wildman–Crippen LogP) is 3.39. The number of likely N-dealkylation sites (tertiary alicyclic amines) is 1. The first-order valence-electron chi connectivity index (χ1n) is 10.6. The van der Waals surface area contributed by atoms with E-state index in [2.05, 4.69) is 58.3 Å². The van der Waals surface area contributed by atoms with Crippen LogP contribution in [-0.2, 0) is 17.8 Å². The minimum Gasteiger partial charge on any atom is -0.332 e. The molecule has 0 bridgehead atoms. The predicted molar refractivity (Wildman–Crippen MR) is 116 cm³/mol. The largest absolute Gasteiger partial charge is 0.332 e. The van der Waals surface area contributed by atoms with Crippen LogP contribution in [0.4, 0.5) is 0 Å². The average molecular weight is 388 g/mol. The second-order valence-electron chi connectivity index (χ2n) is 7.96. The minimum atomic E-state index is -0.281. The summed E-state index contributed by atoms with van der Waals surface area (Å²) in [5.74, 6) is 3.39. The Kier molecular flexibility index (Phi) is 5.87. The highest BCUT2D eigenvalue weighted by molar-refractivity contribution is 5.85. The van der Waals surface area contributed by atoms with Gasteiger partial charge in [-0.1, -0.05) is 73.5 Å². The summed E-state index contributed by atoms with van der Waals surface area (Å²) in [6.45, 7) is 4.50. The number of nitrogens with zero attached hydrogens (tertiary/aromatic N) is 2. The zero-order valence-electron chi connectivity index (χ0n) is 17.1. The van der Waals surface area contributed by atoms with Crippen molar-refractivity contribution in [3.8, 4) is 12.0 Å². The zero-order chi connectivity index (χ0) is 20.1. The van der Waals surface area contributed by atoms with Crippen LogP contribution in [0.25, 0.3) is 0 Å². The summed E-state index contributed by atoms with van der Waals surface area (Å²) >= 11 is 0. The molecule has 2 aliphatic heterocycles. The summed E-state index contributed by atoms with van der Waals surface area (Å²) in [7, 11) is 0. The summed E-state index contributed by atoms with van der Waals surface area (Å²) in [4.78, 5) is 17.8. The van der Waals surface area contributed by atoms with Gasteiger partial charge < -0.3 is 9.80 Å². The maximum absolute atomic E-state index is 13.5. The normalized spacial score (nSPS) is 20.6. The van der Waals surface area contributed by atoms with E-state index in [0.29, 0.717) is 6.54 Å². The fraction of sp³-hybridized carbons (Fsp3) is 0.400. The van der Waals surface area contributed by atoms with E-state index in [1.165, 1.54) is 11.1 Å². The summed E-state index contributed by atoms with van der Waals surface area (Å²) < 4.78 is 0. The molecule has 0 aliphatic carbocycles. The fourth-order valence-corrected chi connectivity index (χ4v) is 4.44. The average Bonchev–Trinajstić information content (AvgIpc) is 3.00. The summed E-state index contributed by atoms with van der Waals surface area (Å²) in [5.41, 5.74) is 2.09. The van der Waals surface area contributed by atoms with Crippen molar-refractivity contribution in [1.29, 1.82) is 0 Å². The standard InChI is InChI=1S/C25H29N3O/c1-2-3-16-27-17-14-25(15-18-27)26-23(19-21-10-6-4-7-11-21)24(29)28(25)20-22-12-8-5-9-13-22/h4-13,23,26H,2,14-15,17-20H2,1H3/t23-/m0/s1. The summed E-state index contributed by atoms with van der Waals surface area (Å²) in [5, 5.41) is 3.75. The van der Waals surface area contributed by atoms with E-state index in [9.17, 15) is 4.79 Å². The molecule has 4 heteroatoms. The molecule has 4 nitrogen and oxygen atoms in total. The molecule has 2 aromatic rings. The Hall–Kier alpha value is -2.77. The third kappa shape index (κ3) is 4.31. The van der Waals surface area contributed by atoms with Crippen LogP contribution >= 0.6 is 0 Å². The van der Waals surface area contributed by atoms with Gasteiger partial charge in [-0.2, -0.15) is 0 Å². The Morgan fingerprint density at radius 2 is 1.62 bits per heavy atom. The molecule has 150 valence electrons. The topological polar surface area (TPSA) is 35.6 Å². The van der Waals surface area contributed by atoms with Gasteiger partial charge in [0, 0.05) is 44.9 Å². The highest BCUT2D eigenvalue weighted by Crippen LogP contribution is 2.34. The Bertz CT molecular complexity index is 877. The van der Waals surface area contributed by atoms with Gasteiger partial charge in [0.1, 0.15) is 0 Å². The van der Waals surface area contributed by atoms with Crippen LogP contribution < -0.4 is 5.32 Å². The highest BCUT2D eigenvalue weighted by atomic mass is 16.2. The van der Waals surface area contributed by atoms with Gasteiger partial charge >= 0.3 is 0 Å². The van der Waals surface area contributed by atoms with Gasteiger partial charge in [0.15, 0.2) is 0 Å². The molecule has 0 saturated carbocycles. The molecule has 0 aromatic heterocycles. The Morgan fingerprint density at radius 1 is 1.00 bits per heavy atom. The van der Waals surface area contributed by atoms with E-state index < -0.39 is 0 Å². The molecular weight excluding hydrogens is 358 g/mol. The second-order valence-corrected chi connectivity index (χ2v) is 7.96. The molecule has 2 heterocycles. The summed E-state index contributed by atoms with van der Waals surface area (Å²) in [6.07, 6.45) is 3.40. The van der Waals surface area contributed by atoms with Crippen LogP contribution in [0.2, 0.25) is 0 Å². The lowest BCUT2D eigenvalue weighted by Crippen LogP contribution is -2.58. The number of hydrogen-bond acceptors (Lipinski definition) is 3. The van der Waals surface area contributed by atoms with Crippen LogP contribution in [-0.4, -0.2) is 40.5 Å². The van der Waals surface area contributed by atoms with Crippen molar-refractivity contribution in [2.24, 2.45) is 0 Å². The smallest absolute Gasteiger partial charge is 0.241 e. The van der Waals surface area contributed by atoms with E-state index in [4.69, 9.17) is 0 Å². The van der Waals surface area contributed by atoms with E-state index >= 15 is 0 Å². The highest BCUT2D eigenvalue weighted by Gasteiger charge is 2.51. The molecule has 2 saturated heterocycles. The third-order valence-corrected chi connectivity index (χ3v) is 5.99. The quantitative estimate of drug-likeness (QED) is 0.817. The molecule has 4 rings (SSSR count). The molecule has 29 heavy (non-hydrogen) atoms. The van der Waals surface area contributed by atoms with Gasteiger partial charge in [0.05, 0.1) is 11.7 Å². The second kappa shape index (κ2) is 8.71. The number of hydrogen-bond donors (Lipinski definition) is 1. The summed E-state index contributed by atoms with van der Waals surface area (Å²) in [6, 6.07) is 23.7. The van der Waals surface area contributed by atoms with Gasteiger partial charge in [0.2, 0.25) is 5.91 Å². The van der Waals surface area contributed by atoms with Crippen molar-refractivity contribution in [2.45, 2.75) is 50.9 Å². The Morgan fingerprint density at radius 3 is 2.24 bits per heavy atom. The number of benzene rings is 2. The van der Waals surface area contributed by atoms with E-state index in [1.807, 2.05) is 36.4 Å². The van der Waals surface area contributed by atoms with E-state index in [0.717, 1.165) is 38.8 Å². The van der Waals surface area contributed by atoms with E-state index in [1.54, 1.807) is 0 Å². The Balaban J connectivity index is 1.56. The van der Waals surface area contributed by atoms with Crippen molar-refractivity contribution in [1.82, 2.24) is 15.1 Å². The first-order valence-corrected chi connectivity index (χ1v) is 10.6. The van der Waals surface area contributed by atoms with E-state index in [-0.39, 0.29) is 17.6 Å². The SMILES string of the molecule is CCC#CN1CCC2(CC1)N[C@@H](Cc1ccccc1)C(=O)N2Cc1ccccc1. The number of carbonyl (C=O) groups is 1. The lowest BCUT2D eigenvalue weighted by Gasteiger charge is -2.44. The molecule has 2 aromatic carbocycles. The van der Waals surface area contributed by atoms with Crippen molar-refractivity contribution >= 4 is 5.91 Å². The molecule has 1 atom stereocenters. The fourth-order valence-electron chi connectivity index (χ4n) is 4.44. The number of amides is 1. The van der Waals surface area contributed by atoms with Crippen molar-refractivity contribution in [3.63, 3.8) is 0 Å². The zero-order valence-corrected chi connectivity index (χ0v) is 17.1. The van der Waals surface area contributed by atoms with Crippen molar-refractivity contribution < 1.29 is 4.79 Å². The minimum absolute atomic E-state index is 0.172. The lowest BCUT2D eigenvalue weighted by atomic mass is 9.95. The maximum atomic E-state index is 13.5. The molecule has 1 spiro atoms. The maximum Gasteiger partial charge on any atom is 0.241 e. The molecule has 2 aliphatic rings.